The molecular weight excluding hydrogens is 353 g/mol. The molecule has 0 unspecified atom stereocenters. The second kappa shape index (κ2) is 6.82. The van der Waals surface area contributed by atoms with Gasteiger partial charge in [-0.05, 0) is 30.5 Å². The van der Waals surface area contributed by atoms with Gasteiger partial charge in [-0.1, -0.05) is 48.0 Å². The molecule has 2 aromatic rings. The summed E-state index contributed by atoms with van der Waals surface area (Å²) in [5, 5.41) is 0.0481. The first kappa shape index (κ1) is 17.2. The lowest BCUT2D eigenvalue weighted by Gasteiger charge is -2.43. The summed E-state index contributed by atoms with van der Waals surface area (Å²) in [7, 11) is 0. The average Bonchev–Trinajstić information content (AvgIpc) is 2.97. The molecule has 134 valence electrons. The molecule has 0 atom stereocenters. The van der Waals surface area contributed by atoms with Crippen molar-refractivity contribution in [3.63, 3.8) is 0 Å². The molecule has 26 heavy (non-hydrogen) atoms. The highest BCUT2D eigenvalue weighted by molar-refractivity contribution is 6.31. The number of hydrogen-bond donors (Lipinski definition) is 0. The first-order valence-corrected chi connectivity index (χ1v) is 9.06. The molecule has 4 rings (SSSR count). The second-order valence-corrected chi connectivity index (χ2v) is 7.19. The molecule has 2 heterocycles. The van der Waals surface area contributed by atoms with Gasteiger partial charge in [-0.2, -0.15) is 0 Å². The SMILES string of the molecule is O=C1N=CN(c2cccc(Cl)c2F)C12CCN(Cc1ccccc1)CC2. The van der Waals surface area contributed by atoms with Crippen LogP contribution in [0.15, 0.2) is 53.5 Å². The average molecular weight is 372 g/mol. The Hall–Kier alpha value is -2.24. The molecule has 0 saturated carbocycles. The Morgan fingerprint density at radius 3 is 2.54 bits per heavy atom. The van der Waals surface area contributed by atoms with Crippen LogP contribution in [-0.2, 0) is 11.3 Å². The summed E-state index contributed by atoms with van der Waals surface area (Å²) in [6, 6.07) is 15.1. The van der Waals surface area contributed by atoms with Crippen molar-refractivity contribution < 1.29 is 9.18 Å². The van der Waals surface area contributed by atoms with Crippen LogP contribution in [0.2, 0.25) is 5.02 Å². The molecule has 1 saturated heterocycles. The van der Waals surface area contributed by atoms with E-state index in [-0.39, 0.29) is 10.9 Å². The maximum Gasteiger partial charge on any atom is 0.273 e. The van der Waals surface area contributed by atoms with E-state index in [1.165, 1.54) is 18.0 Å². The summed E-state index contributed by atoms with van der Waals surface area (Å²) >= 11 is 5.93. The van der Waals surface area contributed by atoms with Crippen LogP contribution in [-0.4, -0.2) is 35.8 Å². The summed E-state index contributed by atoms with van der Waals surface area (Å²) in [6.07, 6.45) is 2.65. The zero-order valence-corrected chi connectivity index (χ0v) is 15.0. The summed E-state index contributed by atoms with van der Waals surface area (Å²) in [6.45, 7) is 2.35. The Kier molecular flexibility index (Phi) is 4.51. The van der Waals surface area contributed by atoms with Crippen molar-refractivity contribution in [2.75, 3.05) is 18.0 Å². The van der Waals surface area contributed by atoms with Gasteiger partial charge in [0.15, 0.2) is 5.82 Å². The molecule has 0 aliphatic carbocycles. The van der Waals surface area contributed by atoms with Crippen molar-refractivity contribution in [1.82, 2.24) is 4.90 Å². The van der Waals surface area contributed by atoms with Crippen molar-refractivity contribution in [3.05, 3.63) is 64.9 Å². The van der Waals surface area contributed by atoms with Crippen LogP contribution in [0.1, 0.15) is 18.4 Å². The quantitative estimate of drug-likeness (QED) is 0.821. The van der Waals surface area contributed by atoms with E-state index in [1.54, 1.807) is 17.0 Å². The molecule has 0 aromatic heterocycles. The molecule has 0 radical (unpaired) electrons. The van der Waals surface area contributed by atoms with Crippen LogP contribution >= 0.6 is 11.6 Å². The molecule has 0 bridgehead atoms. The number of likely N-dealkylation sites (tertiary alicyclic amines) is 1. The molecule has 2 aliphatic rings. The van der Waals surface area contributed by atoms with Gasteiger partial charge in [-0.15, -0.1) is 0 Å². The van der Waals surface area contributed by atoms with Gasteiger partial charge in [0.2, 0.25) is 0 Å². The zero-order valence-electron chi connectivity index (χ0n) is 14.2. The van der Waals surface area contributed by atoms with Crippen LogP contribution in [0.25, 0.3) is 0 Å². The van der Waals surface area contributed by atoms with Crippen molar-refractivity contribution in [2.45, 2.75) is 24.9 Å². The molecule has 1 amide bonds. The summed E-state index contributed by atoms with van der Waals surface area (Å²) < 4.78 is 14.5. The minimum atomic E-state index is -0.807. The minimum absolute atomic E-state index is 0.0481. The predicted molar refractivity (Wildman–Crippen MR) is 101 cm³/mol. The number of benzene rings is 2. The molecular formula is C20H19ClFN3O. The zero-order chi connectivity index (χ0) is 18.1. The lowest BCUT2D eigenvalue weighted by Crippen LogP contribution is -2.56. The van der Waals surface area contributed by atoms with Gasteiger partial charge in [0, 0.05) is 19.6 Å². The summed E-state index contributed by atoms with van der Waals surface area (Å²) in [5.74, 6) is -0.711. The number of hydrogen-bond acceptors (Lipinski definition) is 3. The van der Waals surface area contributed by atoms with Crippen molar-refractivity contribution >= 4 is 29.5 Å². The maximum atomic E-state index is 14.5. The highest BCUT2D eigenvalue weighted by atomic mass is 35.5. The molecule has 2 aromatic carbocycles. The lowest BCUT2D eigenvalue weighted by atomic mass is 9.85. The molecule has 1 spiro atoms. The minimum Gasteiger partial charge on any atom is -0.314 e. The van der Waals surface area contributed by atoms with Crippen LogP contribution < -0.4 is 4.90 Å². The van der Waals surface area contributed by atoms with Crippen LogP contribution in [0, 0.1) is 5.82 Å². The van der Waals surface area contributed by atoms with Crippen LogP contribution in [0.4, 0.5) is 10.1 Å². The highest BCUT2D eigenvalue weighted by Gasteiger charge is 2.49. The van der Waals surface area contributed by atoms with Gasteiger partial charge in [0.1, 0.15) is 11.9 Å². The smallest absolute Gasteiger partial charge is 0.273 e. The molecule has 2 aliphatic heterocycles. The van der Waals surface area contributed by atoms with Crippen molar-refractivity contribution in [2.24, 2.45) is 4.99 Å². The lowest BCUT2D eigenvalue weighted by molar-refractivity contribution is -0.123. The molecule has 4 nitrogen and oxygen atoms in total. The topological polar surface area (TPSA) is 35.9 Å². The Balaban J connectivity index is 1.54. The second-order valence-electron chi connectivity index (χ2n) is 6.79. The van der Waals surface area contributed by atoms with E-state index in [0.29, 0.717) is 18.5 Å². The van der Waals surface area contributed by atoms with Crippen molar-refractivity contribution in [3.8, 4) is 0 Å². The number of rotatable bonds is 3. The van der Waals surface area contributed by atoms with E-state index in [0.717, 1.165) is 19.6 Å². The van der Waals surface area contributed by atoms with E-state index in [9.17, 15) is 9.18 Å². The fourth-order valence-electron chi connectivity index (χ4n) is 3.79. The van der Waals surface area contributed by atoms with Gasteiger partial charge >= 0.3 is 0 Å². The van der Waals surface area contributed by atoms with Crippen LogP contribution in [0.3, 0.4) is 0 Å². The Bertz CT molecular complexity index is 847. The summed E-state index contributed by atoms with van der Waals surface area (Å²) in [4.78, 5) is 20.6. The first-order valence-electron chi connectivity index (χ1n) is 8.68. The maximum absolute atomic E-state index is 14.5. The predicted octanol–water partition coefficient (Wildman–Crippen LogP) is 3.89. The number of aliphatic imine (C=N–C) groups is 1. The normalized spacial score (nSPS) is 19.5. The van der Waals surface area contributed by atoms with Crippen molar-refractivity contribution in [1.29, 1.82) is 0 Å². The highest BCUT2D eigenvalue weighted by Crippen LogP contribution is 2.39. The Morgan fingerprint density at radius 2 is 1.81 bits per heavy atom. The van der Waals surface area contributed by atoms with Gasteiger partial charge in [0.05, 0.1) is 10.7 Å². The molecule has 0 N–H and O–H groups in total. The van der Waals surface area contributed by atoms with E-state index < -0.39 is 11.4 Å². The molecule has 1 fully saturated rings. The van der Waals surface area contributed by atoms with Gasteiger partial charge in [-0.25, -0.2) is 9.38 Å². The monoisotopic (exact) mass is 371 g/mol. The number of carbonyl (C=O) groups excluding carboxylic acids is 1. The standard InChI is InChI=1S/C20H19ClFN3O/c21-16-7-4-8-17(18(16)22)25-14-23-19(26)20(25)9-11-24(12-10-20)13-15-5-2-1-3-6-15/h1-8,14H,9-13H2. The first-order chi connectivity index (χ1) is 12.6. The number of amides is 1. The van der Waals surface area contributed by atoms with E-state index in [4.69, 9.17) is 11.6 Å². The number of nitrogens with zero attached hydrogens (tertiary/aromatic N) is 3. The van der Waals surface area contributed by atoms with Gasteiger partial charge in [-0.3, -0.25) is 9.69 Å². The third-order valence-corrected chi connectivity index (χ3v) is 5.56. The van der Waals surface area contributed by atoms with E-state index in [2.05, 4.69) is 22.0 Å². The van der Waals surface area contributed by atoms with Gasteiger partial charge < -0.3 is 4.90 Å². The number of anilines is 1. The van der Waals surface area contributed by atoms with Crippen LogP contribution in [0.5, 0.6) is 0 Å². The summed E-state index contributed by atoms with van der Waals surface area (Å²) in [5.41, 5.74) is 0.748. The molecule has 6 heteroatoms. The Labute approximate surface area is 156 Å². The van der Waals surface area contributed by atoms with E-state index in [1.807, 2.05) is 18.2 Å². The fourth-order valence-corrected chi connectivity index (χ4v) is 3.96. The third kappa shape index (κ3) is 2.91. The number of piperidine rings is 1. The largest absolute Gasteiger partial charge is 0.314 e. The Morgan fingerprint density at radius 1 is 1.08 bits per heavy atom. The fraction of sp³-hybridized carbons (Fsp3) is 0.300. The number of halogens is 2. The van der Waals surface area contributed by atoms with E-state index >= 15 is 0 Å². The van der Waals surface area contributed by atoms with Gasteiger partial charge in [0.25, 0.3) is 5.91 Å². The third-order valence-electron chi connectivity index (χ3n) is 5.27. The number of carbonyl (C=O) groups is 1.